The summed E-state index contributed by atoms with van der Waals surface area (Å²) in [5, 5.41) is 9.58. The third-order valence-electron chi connectivity index (χ3n) is 4.50. The lowest BCUT2D eigenvalue weighted by molar-refractivity contribution is 0.0771. The smallest absolute Gasteiger partial charge is 0.410 e. The van der Waals surface area contributed by atoms with E-state index in [1.165, 1.54) is 0 Å². The Hall–Kier alpha value is -2.33. The highest BCUT2D eigenvalue weighted by Gasteiger charge is 2.44. The Bertz CT molecular complexity index is 653. The van der Waals surface area contributed by atoms with Crippen molar-refractivity contribution in [3.05, 3.63) is 71.8 Å². The Kier molecular flexibility index (Phi) is 5.16. The lowest BCUT2D eigenvalue weighted by Gasteiger charge is -2.26. The number of nitrogens with zero attached hydrogens (tertiary/aromatic N) is 1. The van der Waals surface area contributed by atoms with Crippen molar-refractivity contribution in [3.63, 3.8) is 0 Å². The van der Waals surface area contributed by atoms with E-state index in [4.69, 9.17) is 4.74 Å². The predicted octanol–water partition coefficient (Wildman–Crippen LogP) is 3.60. The number of aliphatic hydroxyl groups is 1. The first-order valence-corrected chi connectivity index (χ1v) is 8.31. The molecule has 0 saturated heterocycles. The van der Waals surface area contributed by atoms with E-state index < -0.39 is 0 Å². The van der Waals surface area contributed by atoms with Gasteiger partial charge in [-0.05, 0) is 24.0 Å². The molecule has 4 nitrogen and oxygen atoms in total. The second-order valence-electron chi connectivity index (χ2n) is 6.54. The molecule has 0 unspecified atom stereocenters. The molecule has 0 radical (unpaired) electrons. The molecule has 2 aromatic carbocycles. The highest BCUT2D eigenvalue weighted by molar-refractivity contribution is 5.67. The van der Waals surface area contributed by atoms with Gasteiger partial charge in [0, 0.05) is 18.5 Å². The van der Waals surface area contributed by atoms with Gasteiger partial charge < -0.3 is 14.7 Å². The zero-order valence-electron chi connectivity index (χ0n) is 13.7. The first kappa shape index (κ1) is 16.5. The van der Waals surface area contributed by atoms with Crippen molar-refractivity contribution in [2.75, 3.05) is 13.2 Å². The van der Waals surface area contributed by atoms with E-state index in [-0.39, 0.29) is 24.7 Å². The van der Waals surface area contributed by atoms with Gasteiger partial charge in [0.2, 0.25) is 0 Å². The van der Waals surface area contributed by atoms with E-state index in [1.54, 1.807) is 4.90 Å². The summed E-state index contributed by atoms with van der Waals surface area (Å²) in [6.45, 7) is 1.41. The molecule has 3 rings (SSSR count). The molecule has 24 heavy (non-hydrogen) atoms. The summed E-state index contributed by atoms with van der Waals surface area (Å²) < 4.78 is 5.49. The number of hydrogen-bond acceptors (Lipinski definition) is 3. The van der Waals surface area contributed by atoms with Crippen LogP contribution in [0.4, 0.5) is 4.79 Å². The van der Waals surface area contributed by atoms with E-state index in [2.05, 4.69) is 0 Å². The van der Waals surface area contributed by atoms with E-state index in [0.717, 1.165) is 24.0 Å². The van der Waals surface area contributed by atoms with Crippen LogP contribution in [-0.4, -0.2) is 29.3 Å². The molecule has 0 aliphatic heterocycles. The maximum absolute atomic E-state index is 12.6. The van der Waals surface area contributed by atoms with Gasteiger partial charge in [0.1, 0.15) is 6.61 Å². The lowest BCUT2D eigenvalue weighted by atomic mass is 10.1. The fourth-order valence-corrected chi connectivity index (χ4v) is 2.75. The van der Waals surface area contributed by atoms with Crippen molar-refractivity contribution in [2.24, 2.45) is 5.41 Å². The minimum Gasteiger partial charge on any atom is -0.445 e. The van der Waals surface area contributed by atoms with Crippen LogP contribution in [0.2, 0.25) is 0 Å². The van der Waals surface area contributed by atoms with Gasteiger partial charge in [0.25, 0.3) is 0 Å². The normalized spacial score (nSPS) is 14.9. The molecule has 1 fully saturated rings. The summed E-state index contributed by atoms with van der Waals surface area (Å²) in [6.07, 6.45) is 1.59. The predicted molar refractivity (Wildman–Crippen MR) is 92.2 cm³/mol. The minimum absolute atomic E-state index is 0.115. The number of carbonyl (C=O) groups is 1. The quantitative estimate of drug-likeness (QED) is 0.846. The molecule has 1 amide bonds. The van der Waals surface area contributed by atoms with Crippen LogP contribution in [0.5, 0.6) is 0 Å². The molecular weight excluding hydrogens is 302 g/mol. The van der Waals surface area contributed by atoms with E-state index in [0.29, 0.717) is 13.1 Å². The van der Waals surface area contributed by atoms with E-state index in [9.17, 15) is 9.90 Å². The molecule has 0 heterocycles. The van der Waals surface area contributed by atoms with Crippen LogP contribution in [0.25, 0.3) is 0 Å². The van der Waals surface area contributed by atoms with Gasteiger partial charge in [0.15, 0.2) is 0 Å². The number of rotatable bonds is 7. The van der Waals surface area contributed by atoms with E-state index >= 15 is 0 Å². The fourth-order valence-electron chi connectivity index (χ4n) is 2.75. The first-order chi connectivity index (χ1) is 11.7. The molecular formula is C20H23NO3. The molecule has 0 spiro atoms. The van der Waals surface area contributed by atoms with Crippen LogP contribution >= 0.6 is 0 Å². The zero-order chi connectivity index (χ0) is 16.8. The summed E-state index contributed by atoms with van der Waals surface area (Å²) in [5.74, 6) is 0. The largest absolute Gasteiger partial charge is 0.445 e. The average Bonchev–Trinajstić information content (AvgIpc) is 3.41. The average molecular weight is 325 g/mol. The van der Waals surface area contributed by atoms with Crippen LogP contribution in [0.15, 0.2) is 60.7 Å². The number of carbonyl (C=O) groups excluding carboxylic acids is 1. The van der Waals surface area contributed by atoms with Crippen LogP contribution in [0, 0.1) is 5.41 Å². The van der Waals surface area contributed by atoms with Gasteiger partial charge in [-0.3, -0.25) is 0 Å². The Morgan fingerprint density at radius 1 is 1.00 bits per heavy atom. The lowest BCUT2D eigenvalue weighted by Crippen LogP contribution is -2.37. The second kappa shape index (κ2) is 7.49. The molecule has 0 aromatic heterocycles. The number of hydrogen-bond donors (Lipinski definition) is 1. The van der Waals surface area contributed by atoms with Crippen molar-refractivity contribution in [3.8, 4) is 0 Å². The molecule has 1 N–H and O–H groups in total. The van der Waals surface area contributed by atoms with Gasteiger partial charge >= 0.3 is 6.09 Å². The first-order valence-electron chi connectivity index (χ1n) is 8.31. The summed E-state index contributed by atoms with van der Waals surface area (Å²) in [4.78, 5) is 14.3. The summed E-state index contributed by atoms with van der Waals surface area (Å²) in [7, 11) is 0. The van der Waals surface area contributed by atoms with Crippen LogP contribution in [0.3, 0.4) is 0 Å². The van der Waals surface area contributed by atoms with E-state index in [1.807, 2.05) is 60.7 Å². The van der Waals surface area contributed by atoms with Gasteiger partial charge in [-0.25, -0.2) is 4.79 Å². The molecule has 1 aliphatic carbocycles. The van der Waals surface area contributed by atoms with Crippen molar-refractivity contribution in [2.45, 2.75) is 26.0 Å². The number of ether oxygens (including phenoxy) is 1. The standard InChI is InChI=1S/C20H23NO3/c22-16-20(11-12-20)15-21(13-17-7-3-1-4-8-17)19(23)24-14-18-9-5-2-6-10-18/h1-10,22H,11-16H2. The zero-order valence-corrected chi connectivity index (χ0v) is 13.7. The third kappa shape index (κ3) is 4.36. The molecule has 1 saturated carbocycles. The minimum atomic E-state index is -0.331. The highest BCUT2D eigenvalue weighted by Crippen LogP contribution is 2.45. The Morgan fingerprint density at radius 2 is 1.58 bits per heavy atom. The van der Waals surface area contributed by atoms with Crippen molar-refractivity contribution >= 4 is 6.09 Å². The third-order valence-corrected chi connectivity index (χ3v) is 4.50. The van der Waals surface area contributed by atoms with Gasteiger partial charge in [-0.15, -0.1) is 0 Å². The second-order valence-corrected chi connectivity index (χ2v) is 6.54. The van der Waals surface area contributed by atoms with Crippen molar-refractivity contribution in [1.82, 2.24) is 4.90 Å². The summed E-state index contributed by atoms with van der Waals surface area (Å²) in [6, 6.07) is 19.5. The molecule has 4 heteroatoms. The maximum atomic E-state index is 12.6. The Morgan fingerprint density at radius 3 is 2.12 bits per heavy atom. The molecule has 0 bridgehead atoms. The van der Waals surface area contributed by atoms with Crippen LogP contribution in [-0.2, 0) is 17.9 Å². The SMILES string of the molecule is O=C(OCc1ccccc1)N(Cc1ccccc1)CC1(CO)CC1. The molecule has 1 aliphatic rings. The monoisotopic (exact) mass is 325 g/mol. The topological polar surface area (TPSA) is 49.8 Å². The fraction of sp³-hybridized carbons (Fsp3) is 0.350. The maximum Gasteiger partial charge on any atom is 0.410 e. The molecule has 0 atom stereocenters. The molecule has 126 valence electrons. The summed E-state index contributed by atoms with van der Waals surface area (Å²) in [5.41, 5.74) is 1.89. The van der Waals surface area contributed by atoms with Gasteiger partial charge in [-0.1, -0.05) is 60.7 Å². The van der Waals surface area contributed by atoms with Crippen LogP contribution in [0.1, 0.15) is 24.0 Å². The number of amides is 1. The molecule has 2 aromatic rings. The number of benzene rings is 2. The van der Waals surface area contributed by atoms with Crippen molar-refractivity contribution in [1.29, 1.82) is 0 Å². The van der Waals surface area contributed by atoms with Crippen molar-refractivity contribution < 1.29 is 14.6 Å². The Balaban J connectivity index is 1.65. The number of aliphatic hydroxyl groups excluding tert-OH is 1. The highest BCUT2D eigenvalue weighted by atomic mass is 16.6. The Labute approximate surface area is 142 Å². The summed E-state index contributed by atoms with van der Waals surface area (Å²) >= 11 is 0. The van der Waals surface area contributed by atoms with Gasteiger partial charge in [0.05, 0.1) is 6.61 Å². The van der Waals surface area contributed by atoms with Crippen LogP contribution < -0.4 is 0 Å². The van der Waals surface area contributed by atoms with Gasteiger partial charge in [-0.2, -0.15) is 0 Å².